The lowest BCUT2D eigenvalue weighted by Crippen LogP contribution is -2.24. The molecule has 0 aliphatic carbocycles. The van der Waals surface area contributed by atoms with E-state index in [0.29, 0.717) is 24.4 Å². The summed E-state index contributed by atoms with van der Waals surface area (Å²) in [6, 6.07) is 15.5. The van der Waals surface area contributed by atoms with Crippen LogP contribution >= 0.6 is 0 Å². The number of carbonyl (C=O) groups is 1. The maximum absolute atomic E-state index is 12.3. The number of aromatic amines is 1. The molecule has 5 heteroatoms. The van der Waals surface area contributed by atoms with Crippen molar-refractivity contribution in [3.8, 4) is 5.75 Å². The fourth-order valence-electron chi connectivity index (χ4n) is 3.10. The largest absolute Gasteiger partial charge is 0.497 e. The highest BCUT2D eigenvalue weighted by atomic mass is 16.5. The van der Waals surface area contributed by atoms with Crippen LogP contribution < -0.4 is 15.6 Å². The smallest absolute Gasteiger partial charge is 0.251 e. The Labute approximate surface area is 164 Å². The van der Waals surface area contributed by atoms with Crippen molar-refractivity contribution in [1.82, 2.24) is 10.3 Å². The Bertz CT molecular complexity index is 1020. The van der Waals surface area contributed by atoms with Crippen molar-refractivity contribution in [1.29, 1.82) is 0 Å². The van der Waals surface area contributed by atoms with Crippen LogP contribution in [-0.2, 0) is 17.8 Å². The van der Waals surface area contributed by atoms with E-state index in [1.165, 1.54) is 5.56 Å². The average molecular weight is 378 g/mol. The molecule has 1 aromatic heterocycles. The van der Waals surface area contributed by atoms with E-state index in [2.05, 4.69) is 30.2 Å². The van der Waals surface area contributed by atoms with Crippen LogP contribution in [0.5, 0.6) is 5.75 Å². The van der Waals surface area contributed by atoms with Gasteiger partial charge in [0.15, 0.2) is 0 Å². The molecule has 0 fully saturated rings. The predicted octanol–water partition coefficient (Wildman–Crippen LogP) is 3.91. The predicted molar refractivity (Wildman–Crippen MR) is 112 cm³/mol. The topological polar surface area (TPSA) is 71.2 Å². The zero-order chi connectivity index (χ0) is 20.1. The van der Waals surface area contributed by atoms with Gasteiger partial charge in [-0.15, -0.1) is 0 Å². The van der Waals surface area contributed by atoms with E-state index < -0.39 is 0 Å². The van der Waals surface area contributed by atoms with E-state index >= 15 is 0 Å². The van der Waals surface area contributed by atoms with E-state index in [0.717, 1.165) is 22.2 Å². The summed E-state index contributed by atoms with van der Waals surface area (Å²) >= 11 is 0. The molecule has 0 aliphatic heterocycles. The van der Waals surface area contributed by atoms with Gasteiger partial charge in [0.25, 0.3) is 5.56 Å². The molecule has 0 aliphatic rings. The number of ether oxygens (including phenoxy) is 1. The van der Waals surface area contributed by atoms with Crippen LogP contribution in [0.1, 0.15) is 42.9 Å². The third-order valence-corrected chi connectivity index (χ3v) is 4.88. The number of benzene rings is 2. The summed E-state index contributed by atoms with van der Waals surface area (Å²) in [5.74, 6) is 1.13. The first-order chi connectivity index (χ1) is 13.5. The first kappa shape index (κ1) is 19.7. The maximum atomic E-state index is 12.3. The van der Waals surface area contributed by atoms with Gasteiger partial charge in [-0.3, -0.25) is 9.59 Å². The molecule has 0 atom stereocenters. The van der Waals surface area contributed by atoms with Gasteiger partial charge in [-0.25, -0.2) is 0 Å². The SMILES string of the molecule is COc1ccc(CNC(=O)CCc2cc3cc(C(C)C)ccc3[nH]c2=O)cc1. The zero-order valence-electron chi connectivity index (χ0n) is 16.5. The molecular formula is C23H26N2O3. The molecule has 146 valence electrons. The summed E-state index contributed by atoms with van der Waals surface area (Å²) in [7, 11) is 1.62. The normalized spacial score (nSPS) is 11.0. The lowest BCUT2D eigenvalue weighted by molar-refractivity contribution is -0.121. The van der Waals surface area contributed by atoms with Crippen molar-refractivity contribution >= 4 is 16.8 Å². The summed E-state index contributed by atoms with van der Waals surface area (Å²) in [5.41, 5.74) is 3.55. The van der Waals surface area contributed by atoms with Crippen LogP contribution in [-0.4, -0.2) is 18.0 Å². The number of rotatable bonds is 7. The molecule has 0 saturated heterocycles. The highest BCUT2D eigenvalue weighted by Crippen LogP contribution is 2.20. The molecule has 3 rings (SSSR count). The monoisotopic (exact) mass is 378 g/mol. The fraction of sp³-hybridized carbons (Fsp3) is 0.304. The zero-order valence-corrected chi connectivity index (χ0v) is 16.5. The van der Waals surface area contributed by atoms with Crippen molar-refractivity contribution < 1.29 is 9.53 Å². The number of carbonyl (C=O) groups excluding carboxylic acids is 1. The molecule has 28 heavy (non-hydrogen) atoms. The number of pyridine rings is 1. The highest BCUT2D eigenvalue weighted by Gasteiger charge is 2.08. The molecule has 0 saturated carbocycles. The minimum atomic E-state index is -0.132. The lowest BCUT2D eigenvalue weighted by Gasteiger charge is -2.09. The van der Waals surface area contributed by atoms with Gasteiger partial charge in [0.05, 0.1) is 7.11 Å². The number of hydrogen-bond donors (Lipinski definition) is 2. The Hall–Kier alpha value is -3.08. The number of aromatic nitrogens is 1. The number of amides is 1. The van der Waals surface area contributed by atoms with Gasteiger partial charge in [0.1, 0.15) is 5.75 Å². The summed E-state index contributed by atoms with van der Waals surface area (Å²) in [6.45, 7) is 4.73. The molecule has 3 aromatic rings. The molecule has 0 spiro atoms. The molecule has 2 aromatic carbocycles. The van der Waals surface area contributed by atoms with Crippen LogP contribution in [0.25, 0.3) is 10.9 Å². The summed E-state index contributed by atoms with van der Waals surface area (Å²) in [4.78, 5) is 27.4. The van der Waals surface area contributed by atoms with Crippen LogP contribution in [0.3, 0.4) is 0 Å². The van der Waals surface area contributed by atoms with Crippen LogP contribution in [0, 0.1) is 0 Å². The molecule has 0 bridgehead atoms. The number of fused-ring (bicyclic) bond motifs is 1. The van der Waals surface area contributed by atoms with Gasteiger partial charge in [0.2, 0.25) is 5.91 Å². The number of hydrogen-bond acceptors (Lipinski definition) is 3. The third-order valence-electron chi connectivity index (χ3n) is 4.88. The second-order valence-electron chi connectivity index (χ2n) is 7.25. The van der Waals surface area contributed by atoms with Gasteiger partial charge in [-0.1, -0.05) is 32.0 Å². The van der Waals surface area contributed by atoms with Crippen molar-refractivity contribution in [3.63, 3.8) is 0 Å². The molecule has 0 unspecified atom stereocenters. The van der Waals surface area contributed by atoms with Crippen LogP contribution in [0.15, 0.2) is 53.3 Å². The van der Waals surface area contributed by atoms with Gasteiger partial charge < -0.3 is 15.0 Å². The fourth-order valence-corrected chi connectivity index (χ4v) is 3.10. The summed E-state index contributed by atoms with van der Waals surface area (Å²) in [5, 5.41) is 3.89. The highest BCUT2D eigenvalue weighted by molar-refractivity contribution is 5.80. The molecule has 2 N–H and O–H groups in total. The van der Waals surface area contributed by atoms with Gasteiger partial charge in [-0.2, -0.15) is 0 Å². The van der Waals surface area contributed by atoms with Gasteiger partial charge >= 0.3 is 0 Å². The number of methoxy groups -OCH3 is 1. The van der Waals surface area contributed by atoms with E-state index in [4.69, 9.17) is 4.74 Å². The molecular weight excluding hydrogens is 352 g/mol. The molecule has 0 radical (unpaired) electrons. The van der Waals surface area contributed by atoms with Gasteiger partial charge in [0, 0.05) is 24.0 Å². The van der Waals surface area contributed by atoms with Crippen molar-refractivity contribution in [2.24, 2.45) is 0 Å². The number of nitrogens with one attached hydrogen (secondary N) is 2. The van der Waals surface area contributed by atoms with Crippen LogP contribution in [0.4, 0.5) is 0 Å². The standard InChI is InChI=1S/C23H26N2O3/c1-15(2)17-6-10-21-19(12-17)13-18(23(27)25-21)7-11-22(26)24-14-16-4-8-20(28-3)9-5-16/h4-6,8-10,12-13,15H,7,11,14H2,1-3H3,(H,24,26)(H,25,27). The van der Waals surface area contributed by atoms with Crippen molar-refractivity contribution in [3.05, 3.63) is 75.6 Å². The Kier molecular flexibility index (Phi) is 6.14. The Balaban J connectivity index is 1.62. The van der Waals surface area contributed by atoms with E-state index in [-0.39, 0.29) is 17.9 Å². The Morgan fingerprint density at radius 1 is 1.11 bits per heavy atom. The second kappa shape index (κ2) is 8.74. The first-order valence-electron chi connectivity index (χ1n) is 9.51. The van der Waals surface area contributed by atoms with Crippen LogP contribution in [0.2, 0.25) is 0 Å². The summed E-state index contributed by atoms with van der Waals surface area (Å²) in [6.07, 6.45) is 0.681. The van der Waals surface area contributed by atoms with Crippen molar-refractivity contribution in [2.45, 2.75) is 39.2 Å². The maximum Gasteiger partial charge on any atom is 0.251 e. The molecule has 1 amide bonds. The number of H-pyrrole nitrogens is 1. The Morgan fingerprint density at radius 2 is 1.86 bits per heavy atom. The summed E-state index contributed by atoms with van der Waals surface area (Å²) < 4.78 is 5.12. The second-order valence-corrected chi connectivity index (χ2v) is 7.25. The lowest BCUT2D eigenvalue weighted by atomic mass is 10.00. The molecule has 1 heterocycles. The third kappa shape index (κ3) is 4.80. The van der Waals surface area contributed by atoms with E-state index in [1.807, 2.05) is 42.5 Å². The quantitative estimate of drug-likeness (QED) is 0.655. The Morgan fingerprint density at radius 3 is 2.54 bits per heavy atom. The minimum absolute atomic E-state index is 0.0775. The average Bonchev–Trinajstić information content (AvgIpc) is 2.70. The minimum Gasteiger partial charge on any atom is -0.497 e. The van der Waals surface area contributed by atoms with Crippen molar-refractivity contribution in [2.75, 3.05) is 7.11 Å². The first-order valence-corrected chi connectivity index (χ1v) is 9.51. The number of aryl methyl sites for hydroxylation is 1. The molecule has 5 nitrogen and oxygen atoms in total. The van der Waals surface area contributed by atoms with E-state index in [1.54, 1.807) is 7.11 Å². The van der Waals surface area contributed by atoms with Gasteiger partial charge in [-0.05, 0) is 59.2 Å². The van der Waals surface area contributed by atoms with E-state index in [9.17, 15) is 9.59 Å².